The summed E-state index contributed by atoms with van der Waals surface area (Å²) in [7, 11) is 0. The molecule has 0 atom stereocenters. The number of benzene rings is 9. The van der Waals surface area contributed by atoms with Gasteiger partial charge in [-0.25, -0.2) is 0 Å². The molecule has 0 amide bonds. The molecule has 0 spiro atoms. The van der Waals surface area contributed by atoms with Gasteiger partial charge in [-0.15, -0.1) is 0 Å². The highest BCUT2D eigenvalue weighted by Crippen LogP contribution is 2.36. The third-order valence-corrected chi connectivity index (χ3v) is 12.1. The Balaban J connectivity index is 0.989. The van der Waals surface area contributed by atoms with Gasteiger partial charge in [-0.1, -0.05) is 146 Å². The fourth-order valence-corrected chi connectivity index (χ4v) is 9.13. The zero-order valence-electron chi connectivity index (χ0n) is 33.9. The third kappa shape index (κ3) is 7.19. The van der Waals surface area contributed by atoms with Crippen molar-refractivity contribution in [2.75, 3.05) is 13.2 Å². The second-order valence-electron chi connectivity index (χ2n) is 15.6. The fourth-order valence-electron chi connectivity index (χ4n) is 9.13. The number of ether oxygens (including phenoxy) is 3. The van der Waals surface area contributed by atoms with Crippen molar-refractivity contribution in [3.8, 4) is 0 Å². The molecule has 9 aromatic rings. The Morgan fingerprint density at radius 3 is 0.817 bits per heavy atom. The molecule has 0 bridgehead atoms. The van der Waals surface area contributed by atoms with Crippen LogP contribution in [-0.4, -0.2) is 37.2 Å². The van der Waals surface area contributed by atoms with E-state index < -0.39 is 24.0 Å². The molecule has 0 aromatic heterocycles. The van der Waals surface area contributed by atoms with Gasteiger partial charge in [0.15, 0.2) is 6.10 Å². The molecule has 6 nitrogen and oxygen atoms in total. The summed E-state index contributed by atoms with van der Waals surface area (Å²) in [5.74, 6) is -1.47. The molecule has 0 saturated carbocycles. The summed E-state index contributed by atoms with van der Waals surface area (Å²) in [6.07, 6.45) is -1.05. The van der Waals surface area contributed by atoms with Gasteiger partial charge < -0.3 is 14.2 Å². The molecule has 0 heterocycles. The quantitative estimate of drug-likeness (QED) is 0.0738. The molecule has 0 fully saturated rings. The van der Waals surface area contributed by atoms with Crippen molar-refractivity contribution in [2.45, 2.75) is 46.1 Å². The van der Waals surface area contributed by atoms with E-state index in [2.05, 4.69) is 57.2 Å². The Morgan fingerprint density at radius 1 is 0.350 bits per heavy atom. The lowest BCUT2D eigenvalue weighted by atomic mass is 9.91. The number of fused-ring (bicyclic) bond motifs is 6. The first kappa shape index (κ1) is 38.5. The monoisotopic (exact) mass is 788 g/mol. The topological polar surface area (TPSA) is 78.9 Å². The standard InChI is InChI=1S/C54H44O6/c1-33-37-16-4-10-22-43(37)49(44-23-11-5-17-38(33)44)28-52(55)58-31-36(60-54(57)30-51-47-26-14-8-20-41(47)35(3)42-21-9-15-27-48(42)51)32-59-53(56)29-50-45-24-12-6-18-39(45)34(2)40-19-7-13-25-46(40)50/h4-27,36H,28-32H2,1-3H3. The van der Waals surface area contributed by atoms with Crippen LogP contribution in [0.3, 0.4) is 0 Å². The van der Waals surface area contributed by atoms with Crippen molar-refractivity contribution in [3.63, 3.8) is 0 Å². The number of hydrogen-bond acceptors (Lipinski definition) is 6. The van der Waals surface area contributed by atoms with E-state index in [0.717, 1.165) is 98.0 Å². The second-order valence-corrected chi connectivity index (χ2v) is 15.6. The van der Waals surface area contributed by atoms with Gasteiger partial charge in [-0.05, 0) is 119 Å². The highest BCUT2D eigenvalue weighted by Gasteiger charge is 2.24. The maximum atomic E-state index is 14.0. The predicted molar refractivity (Wildman–Crippen MR) is 241 cm³/mol. The second kappa shape index (κ2) is 16.3. The largest absolute Gasteiger partial charge is 0.461 e. The molecule has 9 aromatic carbocycles. The molecule has 0 saturated heterocycles. The Morgan fingerprint density at radius 2 is 0.567 bits per heavy atom. The van der Waals surface area contributed by atoms with E-state index >= 15 is 0 Å². The maximum Gasteiger partial charge on any atom is 0.310 e. The fraction of sp³-hybridized carbons (Fsp3) is 0.167. The summed E-state index contributed by atoms with van der Waals surface area (Å²) in [5.41, 5.74) is 6.01. The van der Waals surface area contributed by atoms with Gasteiger partial charge in [0.05, 0.1) is 19.3 Å². The van der Waals surface area contributed by atoms with Gasteiger partial charge in [-0.2, -0.15) is 0 Å². The summed E-state index contributed by atoms with van der Waals surface area (Å²) in [6.45, 7) is 5.71. The van der Waals surface area contributed by atoms with Gasteiger partial charge in [0, 0.05) is 0 Å². The van der Waals surface area contributed by atoms with Crippen molar-refractivity contribution < 1.29 is 28.6 Å². The van der Waals surface area contributed by atoms with Crippen LogP contribution < -0.4 is 0 Å². The summed E-state index contributed by atoms with van der Waals surface area (Å²) in [4.78, 5) is 41.6. The van der Waals surface area contributed by atoms with Crippen LogP contribution in [0.25, 0.3) is 64.6 Å². The van der Waals surface area contributed by atoms with E-state index in [4.69, 9.17) is 14.2 Å². The average Bonchev–Trinajstić information content (AvgIpc) is 3.29. The Bertz CT molecular complexity index is 2850. The van der Waals surface area contributed by atoms with E-state index in [1.165, 1.54) is 0 Å². The molecule has 0 unspecified atom stereocenters. The minimum absolute atomic E-state index is 0.0106. The minimum Gasteiger partial charge on any atom is -0.461 e. The van der Waals surface area contributed by atoms with Crippen LogP contribution in [0.5, 0.6) is 0 Å². The number of hydrogen-bond donors (Lipinski definition) is 0. The predicted octanol–water partition coefficient (Wildman–Crippen LogP) is 11.6. The molecule has 296 valence electrons. The first-order valence-corrected chi connectivity index (χ1v) is 20.4. The normalized spacial score (nSPS) is 11.6. The third-order valence-electron chi connectivity index (χ3n) is 12.1. The minimum atomic E-state index is -1.05. The Kier molecular flexibility index (Phi) is 10.5. The lowest BCUT2D eigenvalue weighted by Crippen LogP contribution is -2.32. The molecule has 0 N–H and O–H groups in total. The number of aryl methyl sites for hydroxylation is 3. The molecule has 0 aliphatic rings. The van der Waals surface area contributed by atoms with Crippen molar-refractivity contribution in [1.29, 1.82) is 0 Å². The van der Waals surface area contributed by atoms with Gasteiger partial charge in [0.1, 0.15) is 13.2 Å². The molecular formula is C54H44O6. The van der Waals surface area contributed by atoms with Gasteiger partial charge in [0.2, 0.25) is 0 Å². The van der Waals surface area contributed by atoms with Gasteiger partial charge in [-0.3, -0.25) is 14.4 Å². The smallest absolute Gasteiger partial charge is 0.310 e. The first-order valence-electron chi connectivity index (χ1n) is 20.4. The van der Waals surface area contributed by atoms with Crippen LogP contribution in [0.2, 0.25) is 0 Å². The lowest BCUT2D eigenvalue weighted by molar-refractivity contribution is -0.165. The average molecular weight is 789 g/mol. The Hall–Kier alpha value is -7.05. The van der Waals surface area contributed by atoms with Crippen LogP contribution in [0.1, 0.15) is 33.4 Å². The molecule has 0 aliphatic heterocycles. The molecule has 60 heavy (non-hydrogen) atoms. The van der Waals surface area contributed by atoms with Crippen LogP contribution in [0.15, 0.2) is 146 Å². The van der Waals surface area contributed by atoms with Crippen LogP contribution in [0.4, 0.5) is 0 Å². The van der Waals surface area contributed by atoms with Crippen LogP contribution in [-0.2, 0) is 47.9 Å². The highest BCUT2D eigenvalue weighted by atomic mass is 16.6. The van der Waals surface area contributed by atoms with Gasteiger partial charge in [0.25, 0.3) is 0 Å². The summed E-state index contributed by atoms with van der Waals surface area (Å²) in [6, 6.07) is 48.4. The van der Waals surface area contributed by atoms with Crippen molar-refractivity contribution in [3.05, 3.63) is 179 Å². The van der Waals surface area contributed by atoms with Gasteiger partial charge >= 0.3 is 17.9 Å². The maximum absolute atomic E-state index is 14.0. The number of carbonyl (C=O) groups is 3. The van der Waals surface area contributed by atoms with Crippen molar-refractivity contribution in [1.82, 2.24) is 0 Å². The highest BCUT2D eigenvalue weighted by molar-refractivity contribution is 6.09. The van der Waals surface area contributed by atoms with Crippen molar-refractivity contribution in [2.24, 2.45) is 0 Å². The SMILES string of the molecule is Cc1c2ccccc2c(CC(=O)OCC(COC(=O)Cc2c3ccccc3c(C)c3ccccc23)OC(=O)Cc2c3ccccc3c(C)c3ccccc23)c2ccccc12. The zero-order valence-corrected chi connectivity index (χ0v) is 33.9. The van der Waals surface area contributed by atoms with E-state index in [-0.39, 0.29) is 32.5 Å². The van der Waals surface area contributed by atoms with E-state index in [1.54, 1.807) is 0 Å². The number of carbonyl (C=O) groups excluding carboxylic acids is 3. The van der Waals surface area contributed by atoms with Crippen LogP contribution >= 0.6 is 0 Å². The zero-order chi connectivity index (χ0) is 41.3. The summed E-state index contributed by atoms with van der Waals surface area (Å²) < 4.78 is 17.9. The molecule has 0 aliphatic carbocycles. The van der Waals surface area contributed by atoms with E-state index in [1.807, 2.05) is 109 Å². The summed E-state index contributed by atoms with van der Waals surface area (Å²) >= 11 is 0. The lowest BCUT2D eigenvalue weighted by Gasteiger charge is -2.20. The molecule has 9 rings (SSSR count). The van der Waals surface area contributed by atoms with E-state index in [0.29, 0.717) is 0 Å². The number of esters is 3. The first-order chi connectivity index (χ1) is 29.3. The summed E-state index contributed by atoms with van der Waals surface area (Å²) in [5, 5.41) is 12.3. The number of rotatable bonds is 11. The molecule has 0 radical (unpaired) electrons. The van der Waals surface area contributed by atoms with Crippen molar-refractivity contribution >= 4 is 82.5 Å². The molecule has 6 heteroatoms. The van der Waals surface area contributed by atoms with E-state index in [9.17, 15) is 14.4 Å². The Labute approximate surface area is 348 Å². The molecular weight excluding hydrogens is 745 g/mol. The van der Waals surface area contributed by atoms with Crippen LogP contribution in [0, 0.1) is 20.8 Å².